The minimum absolute atomic E-state index is 0.101. The summed E-state index contributed by atoms with van der Waals surface area (Å²) in [5, 5.41) is 13.0. The standard InChI is InChI=1S/C12H18BrN3O2/c1-3-7-11(13)14-8(4-2)12(15-7)16-9-5-18-6-10(9)17/h9-10,17H,3-6H2,1-2H3,(H,15,16)/t9-,10-/m0/s1. The number of anilines is 1. The molecule has 1 aliphatic rings. The number of hydrogen-bond acceptors (Lipinski definition) is 5. The van der Waals surface area contributed by atoms with Crippen molar-refractivity contribution in [2.24, 2.45) is 0 Å². The van der Waals surface area contributed by atoms with E-state index >= 15 is 0 Å². The van der Waals surface area contributed by atoms with Gasteiger partial charge in [-0.3, -0.25) is 0 Å². The van der Waals surface area contributed by atoms with Crippen LogP contribution in [0, 0.1) is 0 Å². The highest BCUT2D eigenvalue weighted by molar-refractivity contribution is 9.10. The summed E-state index contributed by atoms with van der Waals surface area (Å²) in [4.78, 5) is 9.07. The van der Waals surface area contributed by atoms with Gasteiger partial charge in [0.1, 0.15) is 10.4 Å². The number of rotatable bonds is 4. The van der Waals surface area contributed by atoms with E-state index in [0.29, 0.717) is 13.2 Å². The summed E-state index contributed by atoms with van der Waals surface area (Å²) in [5.41, 5.74) is 1.82. The van der Waals surface area contributed by atoms with Crippen LogP contribution in [0.3, 0.4) is 0 Å². The van der Waals surface area contributed by atoms with Gasteiger partial charge >= 0.3 is 0 Å². The van der Waals surface area contributed by atoms with E-state index in [1.54, 1.807) is 0 Å². The lowest BCUT2D eigenvalue weighted by atomic mass is 10.2. The SMILES string of the molecule is CCc1nc(N[C@H]2COC[C@@H]2O)c(CC)nc1Br. The van der Waals surface area contributed by atoms with Crippen LogP contribution in [0.5, 0.6) is 0 Å². The number of aliphatic hydroxyl groups excluding tert-OH is 1. The second-order valence-electron chi connectivity index (χ2n) is 4.32. The maximum Gasteiger partial charge on any atom is 0.148 e. The number of aryl methyl sites for hydroxylation is 2. The van der Waals surface area contributed by atoms with Gasteiger partial charge in [0.15, 0.2) is 0 Å². The lowest BCUT2D eigenvalue weighted by Crippen LogP contribution is -2.33. The van der Waals surface area contributed by atoms with Gasteiger partial charge in [-0.2, -0.15) is 0 Å². The van der Waals surface area contributed by atoms with Crippen LogP contribution in [0.25, 0.3) is 0 Å². The molecular formula is C12H18BrN3O2. The molecule has 0 radical (unpaired) electrons. The molecule has 0 aromatic carbocycles. The van der Waals surface area contributed by atoms with Crippen molar-refractivity contribution in [2.45, 2.75) is 38.8 Å². The van der Waals surface area contributed by atoms with Gasteiger partial charge in [0.05, 0.1) is 36.7 Å². The van der Waals surface area contributed by atoms with Gasteiger partial charge in [0, 0.05) is 0 Å². The second-order valence-corrected chi connectivity index (χ2v) is 5.07. The van der Waals surface area contributed by atoms with E-state index in [-0.39, 0.29) is 6.04 Å². The highest BCUT2D eigenvalue weighted by Gasteiger charge is 2.27. The van der Waals surface area contributed by atoms with E-state index in [9.17, 15) is 5.11 Å². The summed E-state index contributed by atoms with van der Waals surface area (Å²) in [6.45, 7) is 4.96. The third kappa shape index (κ3) is 2.81. The summed E-state index contributed by atoms with van der Waals surface area (Å²) >= 11 is 3.43. The first-order valence-corrected chi connectivity index (χ1v) is 7.02. The first-order chi connectivity index (χ1) is 8.65. The number of nitrogens with zero attached hydrogens (tertiary/aromatic N) is 2. The monoisotopic (exact) mass is 315 g/mol. The van der Waals surface area contributed by atoms with Gasteiger partial charge in [0.2, 0.25) is 0 Å². The zero-order valence-corrected chi connectivity index (χ0v) is 12.2. The highest BCUT2D eigenvalue weighted by atomic mass is 79.9. The Labute approximate surface area is 115 Å². The number of hydrogen-bond donors (Lipinski definition) is 2. The molecule has 0 saturated carbocycles. The number of aromatic nitrogens is 2. The van der Waals surface area contributed by atoms with Gasteiger partial charge in [0.25, 0.3) is 0 Å². The summed E-state index contributed by atoms with van der Waals surface area (Å²) < 4.78 is 6.03. The van der Waals surface area contributed by atoms with Crippen LogP contribution in [0.2, 0.25) is 0 Å². The largest absolute Gasteiger partial charge is 0.388 e. The first-order valence-electron chi connectivity index (χ1n) is 6.23. The number of aliphatic hydroxyl groups is 1. The zero-order chi connectivity index (χ0) is 13.1. The van der Waals surface area contributed by atoms with Crippen molar-refractivity contribution in [3.05, 3.63) is 16.0 Å². The van der Waals surface area contributed by atoms with E-state index < -0.39 is 6.10 Å². The maximum atomic E-state index is 9.75. The molecule has 5 nitrogen and oxygen atoms in total. The average Bonchev–Trinajstić information content (AvgIpc) is 2.76. The molecule has 2 atom stereocenters. The van der Waals surface area contributed by atoms with Crippen LogP contribution in [-0.4, -0.2) is 40.4 Å². The first kappa shape index (κ1) is 13.7. The zero-order valence-electron chi connectivity index (χ0n) is 10.6. The fourth-order valence-electron chi connectivity index (χ4n) is 1.93. The van der Waals surface area contributed by atoms with Crippen LogP contribution >= 0.6 is 15.9 Å². The van der Waals surface area contributed by atoms with Crippen molar-refractivity contribution in [2.75, 3.05) is 18.5 Å². The van der Waals surface area contributed by atoms with Crippen molar-refractivity contribution in [3.63, 3.8) is 0 Å². The molecule has 0 amide bonds. The molecule has 0 aliphatic carbocycles. The molecule has 2 heterocycles. The average molecular weight is 316 g/mol. The van der Waals surface area contributed by atoms with E-state index in [2.05, 4.69) is 31.2 Å². The Balaban J connectivity index is 2.24. The molecule has 2 rings (SSSR count). The Hall–Kier alpha value is -0.720. The number of nitrogens with one attached hydrogen (secondary N) is 1. The van der Waals surface area contributed by atoms with Crippen molar-refractivity contribution in [3.8, 4) is 0 Å². The van der Waals surface area contributed by atoms with Crippen molar-refractivity contribution in [1.29, 1.82) is 0 Å². The number of ether oxygens (including phenoxy) is 1. The Morgan fingerprint density at radius 2 is 2.00 bits per heavy atom. The third-order valence-corrected chi connectivity index (χ3v) is 3.67. The lowest BCUT2D eigenvalue weighted by molar-refractivity contribution is 0.125. The lowest BCUT2D eigenvalue weighted by Gasteiger charge is -2.18. The Kier molecular flexibility index (Phi) is 4.53. The topological polar surface area (TPSA) is 67.3 Å². The van der Waals surface area contributed by atoms with Crippen LogP contribution < -0.4 is 5.32 Å². The predicted octanol–water partition coefficient (Wildman–Crippen LogP) is 1.54. The quantitative estimate of drug-likeness (QED) is 0.882. The van der Waals surface area contributed by atoms with E-state index in [1.807, 2.05) is 13.8 Å². The summed E-state index contributed by atoms with van der Waals surface area (Å²) in [7, 11) is 0. The van der Waals surface area contributed by atoms with Gasteiger partial charge in [-0.05, 0) is 28.8 Å². The van der Waals surface area contributed by atoms with Crippen LogP contribution in [0.4, 0.5) is 5.82 Å². The second kappa shape index (κ2) is 5.95. The molecular weight excluding hydrogens is 298 g/mol. The minimum atomic E-state index is -0.481. The predicted molar refractivity (Wildman–Crippen MR) is 72.7 cm³/mol. The van der Waals surface area contributed by atoms with Gasteiger partial charge in [-0.25, -0.2) is 9.97 Å². The van der Waals surface area contributed by atoms with Gasteiger partial charge < -0.3 is 15.2 Å². The van der Waals surface area contributed by atoms with Crippen LogP contribution in [0.1, 0.15) is 25.2 Å². The Bertz CT molecular complexity index is 428. The Morgan fingerprint density at radius 3 is 2.56 bits per heavy atom. The van der Waals surface area contributed by atoms with E-state index in [1.165, 1.54) is 0 Å². The summed E-state index contributed by atoms with van der Waals surface area (Å²) in [6, 6.07) is -0.101. The van der Waals surface area contributed by atoms with Crippen LogP contribution in [-0.2, 0) is 17.6 Å². The third-order valence-electron chi connectivity index (χ3n) is 3.03. The molecule has 0 unspecified atom stereocenters. The van der Waals surface area contributed by atoms with Gasteiger partial charge in [-0.15, -0.1) is 0 Å². The molecule has 18 heavy (non-hydrogen) atoms. The smallest absolute Gasteiger partial charge is 0.148 e. The normalized spacial score (nSPS) is 23.3. The van der Waals surface area contributed by atoms with Gasteiger partial charge in [-0.1, -0.05) is 13.8 Å². The molecule has 2 N–H and O–H groups in total. The fraction of sp³-hybridized carbons (Fsp3) is 0.667. The fourth-order valence-corrected chi connectivity index (χ4v) is 2.51. The highest BCUT2D eigenvalue weighted by Crippen LogP contribution is 2.21. The molecule has 0 bridgehead atoms. The summed E-state index contributed by atoms with van der Waals surface area (Å²) in [5.74, 6) is 0.757. The molecule has 1 aromatic rings. The van der Waals surface area contributed by atoms with Crippen molar-refractivity contribution in [1.82, 2.24) is 9.97 Å². The maximum absolute atomic E-state index is 9.75. The van der Waals surface area contributed by atoms with E-state index in [0.717, 1.165) is 34.7 Å². The molecule has 1 aromatic heterocycles. The molecule has 1 fully saturated rings. The van der Waals surface area contributed by atoms with Crippen molar-refractivity contribution < 1.29 is 9.84 Å². The summed E-state index contributed by atoms with van der Waals surface area (Å²) in [6.07, 6.45) is 1.13. The number of halogens is 1. The van der Waals surface area contributed by atoms with E-state index in [4.69, 9.17) is 4.74 Å². The Morgan fingerprint density at radius 1 is 1.28 bits per heavy atom. The van der Waals surface area contributed by atoms with Crippen LogP contribution in [0.15, 0.2) is 4.60 Å². The van der Waals surface area contributed by atoms with Crippen molar-refractivity contribution >= 4 is 21.7 Å². The molecule has 1 aliphatic heterocycles. The molecule has 6 heteroatoms. The molecule has 100 valence electrons. The molecule has 1 saturated heterocycles. The minimum Gasteiger partial charge on any atom is -0.388 e. The molecule has 0 spiro atoms.